The third-order valence-electron chi connectivity index (χ3n) is 2.68. The van der Waals surface area contributed by atoms with Crippen LogP contribution in [-0.4, -0.2) is 12.6 Å². The van der Waals surface area contributed by atoms with Crippen molar-refractivity contribution in [2.45, 2.75) is 25.3 Å². The minimum Gasteiger partial charge on any atom is -0.399 e. The van der Waals surface area contributed by atoms with Gasteiger partial charge in [0.2, 0.25) is 0 Å². The van der Waals surface area contributed by atoms with Gasteiger partial charge >= 0.3 is 0 Å². The zero-order chi connectivity index (χ0) is 9.10. The minimum atomic E-state index is 0.643. The van der Waals surface area contributed by atoms with E-state index in [0.717, 1.165) is 18.7 Å². The maximum absolute atomic E-state index is 5.87. The number of hydrogen-bond donors (Lipinski definition) is 2. The van der Waals surface area contributed by atoms with Gasteiger partial charge in [-0.1, -0.05) is 18.2 Å². The Hall–Kier alpha value is -1.02. The number of hydrogen-bond acceptors (Lipinski definition) is 2. The summed E-state index contributed by atoms with van der Waals surface area (Å²) >= 11 is 0. The molecule has 1 heterocycles. The average Bonchev–Trinajstić information content (AvgIpc) is 2.61. The molecule has 0 radical (unpaired) electrons. The van der Waals surface area contributed by atoms with Gasteiger partial charge in [0.05, 0.1) is 0 Å². The summed E-state index contributed by atoms with van der Waals surface area (Å²) in [4.78, 5) is 0. The number of rotatable bonds is 2. The lowest BCUT2D eigenvalue weighted by molar-refractivity contribution is 0.604. The highest BCUT2D eigenvalue weighted by Crippen LogP contribution is 2.16. The first kappa shape index (κ1) is 8.57. The molecule has 2 rings (SSSR count). The Balaban J connectivity index is 2.04. The Bertz CT molecular complexity index is 277. The number of anilines is 1. The van der Waals surface area contributed by atoms with Crippen molar-refractivity contribution in [1.29, 1.82) is 0 Å². The normalized spacial score (nSPS) is 22.0. The molecule has 0 amide bonds. The predicted octanol–water partition coefficient (Wildman–Crippen LogP) is 1.56. The molecule has 70 valence electrons. The van der Waals surface area contributed by atoms with Gasteiger partial charge in [-0.05, 0) is 37.4 Å². The fourth-order valence-corrected chi connectivity index (χ4v) is 1.92. The molecule has 0 aliphatic carbocycles. The van der Waals surface area contributed by atoms with Crippen molar-refractivity contribution >= 4 is 5.69 Å². The van der Waals surface area contributed by atoms with E-state index in [1.807, 2.05) is 12.1 Å². The fraction of sp³-hybridized carbons (Fsp3) is 0.455. The van der Waals surface area contributed by atoms with E-state index in [1.54, 1.807) is 0 Å². The Labute approximate surface area is 79.1 Å². The summed E-state index contributed by atoms with van der Waals surface area (Å²) in [6, 6.07) is 8.78. The van der Waals surface area contributed by atoms with Gasteiger partial charge in [-0.25, -0.2) is 0 Å². The molecule has 0 bridgehead atoms. The van der Waals surface area contributed by atoms with Crippen molar-refractivity contribution in [3.63, 3.8) is 0 Å². The van der Waals surface area contributed by atoms with Crippen LogP contribution in [0.3, 0.4) is 0 Å². The summed E-state index contributed by atoms with van der Waals surface area (Å²) in [7, 11) is 0. The zero-order valence-electron chi connectivity index (χ0n) is 7.79. The maximum atomic E-state index is 5.87. The van der Waals surface area contributed by atoms with Gasteiger partial charge in [-0.3, -0.25) is 0 Å². The summed E-state index contributed by atoms with van der Waals surface area (Å²) in [6.07, 6.45) is 3.67. The monoisotopic (exact) mass is 176 g/mol. The molecule has 1 aliphatic heterocycles. The van der Waals surface area contributed by atoms with E-state index >= 15 is 0 Å². The topological polar surface area (TPSA) is 38.0 Å². The third kappa shape index (κ3) is 2.01. The van der Waals surface area contributed by atoms with Gasteiger partial charge in [0.25, 0.3) is 0 Å². The molecule has 3 N–H and O–H groups in total. The molecular weight excluding hydrogens is 160 g/mol. The molecule has 0 spiro atoms. The second-order valence-electron chi connectivity index (χ2n) is 3.70. The second-order valence-corrected chi connectivity index (χ2v) is 3.70. The first-order valence-corrected chi connectivity index (χ1v) is 4.93. The lowest BCUT2D eigenvalue weighted by Gasteiger charge is -2.11. The molecule has 1 unspecified atom stereocenters. The van der Waals surface area contributed by atoms with Crippen LogP contribution in [0, 0.1) is 0 Å². The molecule has 2 heteroatoms. The van der Waals surface area contributed by atoms with Gasteiger partial charge in [0, 0.05) is 11.7 Å². The van der Waals surface area contributed by atoms with Crippen LogP contribution < -0.4 is 11.1 Å². The van der Waals surface area contributed by atoms with Gasteiger partial charge in [0.1, 0.15) is 0 Å². The highest BCUT2D eigenvalue weighted by Gasteiger charge is 2.14. The number of benzene rings is 1. The minimum absolute atomic E-state index is 0.643. The van der Waals surface area contributed by atoms with Gasteiger partial charge < -0.3 is 11.1 Å². The lowest BCUT2D eigenvalue weighted by Crippen LogP contribution is -2.23. The SMILES string of the molecule is Nc1ccccc1CC1CCCN1. The van der Waals surface area contributed by atoms with E-state index in [0.29, 0.717) is 6.04 Å². The molecule has 1 aromatic carbocycles. The Kier molecular flexibility index (Phi) is 2.50. The van der Waals surface area contributed by atoms with Gasteiger partial charge in [0.15, 0.2) is 0 Å². The highest BCUT2D eigenvalue weighted by molar-refractivity contribution is 5.46. The Morgan fingerprint density at radius 3 is 2.92 bits per heavy atom. The third-order valence-corrected chi connectivity index (χ3v) is 2.68. The van der Waals surface area contributed by atoms with Crippen molar-refractivity contribution < 1.29 is 0 Å². The van der Waals surface area contributed by atoms with E-state index in [1.165, 1.54) is 18.4 Å². The van der Waals surface area contributed by atoms with Crippen LogP contribution >= 0.6 is 0 Å². The second kappa shape index (κ2) is 3.79. The quantitative estimate of drug-likeness (QED) is 0.671. The zero-order valence-corrected chi connectivity index (χ0v) is 7.79. The van der Waals surface area contributed by atoms with Crippen molar-refractivity contribution in [1.82, 2.24) is 5.32 Å². The number of nitrogen functional groups attached to an aromatic ring is 1. The number of nitrogens with one attached hydrogen (secondary N) is 1. The van der Waals surface area contributed by atoms with E-state index in [4.69, 9.17) is 5.73 Å². The molecule has 13 heavy (non-hydrogen) atoms. The summed E-state index contributed by atoms with van der Waals surface area (Å²) in [5.41, 5.74) is 8.08. The predicted molar refractivity (Wildman–Crippen MR) is 55.6 cm³/mol. The standard InChI is InChI=1S/C11H16N2/c12-11-6-2-1-4-9(11)8-10-5-3-7-13-10/h1-2,4,6,10,13H,3,5,7-8,12H2. The molecule has 0 aromatic heterocycles. The molecule has 0 saturated carbocycles. The molecule has 1 aromatic rings. The fourth-order valence-electron chi connectivity index (χ4n) is 1.92. The van der Waals surface area contributed by atoms with Crippen LogP contribution in [0.2, 0.25) is 0 Å². The van der Waals surface area contributed by atoms with E-state index in [-0.39, 0.29) is 0 Å². The Morgan fingerprint density at radius 1 is 1.38 bits per heavy atom. The van der Waals surface area contributed by atoms with Crippen LogP contribution in [0.25, 0.3) is 0 Å². The Morgan fingerprint density at radius 2 is 2.23 bits per heavy atom. The smallest absolute Gasteiger partial charge is 0.0347 e. The summed E-state index contributed by atoms with van der Waals surface area (Å²) in [5, 5.41) is 3.48. The van der Waals surface area contributed by atoms with Crippen molar-refractivity contribution in [2.75, 3.05) is 12.3 Å². The number of para-hydroxylation sites is 1. The first-order valence-electron chi connectivity index (χ1n) is 4.93. The van der Waals surface area contributed by atoms with Crippen LogP contribution in [0.1, 0.15) is 18.4 Å². The van der Waals surface area contributed by atoms with Gasteiger partial charge in [-0.15, -0.1) is 0 Å². The molecule has 2 nitrogen and oxygen atoms in total. The van der Waals surface area contributed by atoms with Crippen molar-refractivity contribution in [3.8, 4) is 0 Å². The summed E-state index contributed by atoms with van der Waals surface area (Å²) in [5.74, 6) is 0. The van der Waals surface area contributed by atoms with E-state index in [9.17, 15) is 0 Å². The van der Waals surface area contributed by atoms with Crippen LogP contribution in [0.5, 0.6) is 0 Å². The van der Waals surface area contributed by atoms with E-state index < -0.39 is 0 Å². The maximum Gasteiger partial charge on any atom is 0.0347 e. The number of nitrogens with two attached hydrogens (primary N) is 1. The molecule has 1 fully saturated rings. The molecular formula is C11H16N2. The summed E-state index contributed by atoms with van der Waals surface area (Å²) in [6.45, 7) is 1.16. The van der Waals surface area contributed by atoms with Crippen LogP contribution in [0.4, 0.5) is 5.69 Å². The van der Waals surface area contributed by atoms with Gasteiger partial charge in [-0.2, -0.15) is 0 Å². The molecule has 1 atom stereocenters. The molecule has 1 saturated heterocycles. The molecule has 1 aliphatic rings. The van der Waals surface area contributed by atoms with Crippen molar-refractivity contribution in [3.05, 3.63) is 29.8 Å². The van der Waals surface area contributed by atoms with E-state index in [2.05, 4.69) is 17.4 Å². The average molecular weight is 176 g/mol. The highest BCUT2D eigenvalue weighted by atomic mass is 14.9. The summed E-state index contributed by atoms with van der Waals surface area (Å²) < 4.78 is 0. The first-order chi connectivity index (χ1) is 6.36. The van der Waals surface area contributed by atoms with Crippen LogP contribution in [-0.2, 0) is 6.42 Å². The largest absolute Gasteiger partial charge is 0.399 e. The van der Waals surface area contributed by atoms with Crippen molar-refractivity contribution in [2.24, 2.45) is 0 Å². The van der Waals surface area contributed by atoms with Crippen LogP contribution in [0.15, 0.2) is 24.3 Å². The lowest BCUT2D eigenvalue weighted by atomic mass is 10.0.